The number of sulfonamides is 2. The lowest BCUT2D eigenvalue weighted by atomic mass is 10.3. The van der Waals surface area contributed by atoms with E-state index in [1.807, 2.05) is 6.92 Å². The molecule has 0 unspecified atom stereocenters. The van der Waals surface area contributed by atoms with Gasteiger partial charge in [-0.2, -0.15) is 0 Å². The van der Waals surface area contributed by atoms with E-state index in [9.17, 15) is 21.6 Å². The number of rotatable bonds is 6. The van der Waals surface area contributed by atoms with Crippen LogP contribution < -0.4 is 9.03 Å². The number of benzene rings is 1. The topological polar surface area (TPSA) is 104 Å². The van der Waals surface area contributed by atoms with Crippen molar-refractivity contribution >= 4 is 31.6 Å². The van der Waals surface area contributed by atoms with E-state index >= 15 is 0 Å². The highest BCUT2D eigenvalue weighted by atomic mass is 32.2. The molecule has 8 nitrogen and oxygen atoms in total. The normalized spacial score (nSPS) is 22.0. The average molecular weight is 402 g/mol. The van der Waals surface area contributed by atoms with Gasteiger partial charge < -0.3 is 0 Å². The number of hydrogen-bond acceptors (Lipinski definition) is 6. The summed E-state index contributed by atoms with van der Waals surface area (Å²) in [6, 6.07) is 5.44. The van der Waals surface area contributed by atoms with Crippen molar-refractivity contribution in [3.8, 4) is 0 Å². The Morgan fingerprint density at radius 1 is 1.15 bits per heavy atom. The summed E-state index contributed by atoms with van der Waals surface area (Å²) in [4.78, 5) is 14.1. The maximum absolute atomic E-state index is 12.4. The van der Waals surface area contributed by atoms with Gasteiger partial charge in [0.25, 0.3) is 0 Å². The molecular weight excluding hydrogens is 378 g/mol. The third-order valence-electron chi connectivity index (χ3n) is 4.79. The first kappa shape index (κ1) is 19.3. The fourth-order valence-corrected chi connectivity index (χ4v) is 5.84. The molecule has 2 aliphatic rings. The van der Waals surface area contributed by atoms with Crippen LogP contribution in [0.5, 0.6) is 0 Å². The molecule has 26 heavy (non-hydrogen) atoms. The quantitative estimate of drug-likeness (QED) is 0.745. The van der Waals surface area contributed by atoms with Crippen LogP contribution in [0.15, 0.2) is 29.2 Å². The van der Waals surface area contributed by atoms with Crippen molar-refractivity contribution in [2.24, 2.45) is 0 Å². The third kappa shape index (κ3) is 3.93. The molecule has 3 rings (SSSR count). The Morgan fingerprint density at radius 2 is 1.77 bits per heavy atom. The summed E-state index contributed by atoms with van der Waals surface area (Å²) in [6.45, 7) is 4.26. The SMILES string of the molecule is C[C@H](CNS(=O)(=O)c1ccc(N2C(=O)CCS2(=O)=O)cc1)N1CCCC1. The molecule has 1 atom stereocenters. The van der Waals surface area contributed by atoms with Gasteiger partial charge in [0.2, 0.25) is 26.0 Å². The Labute approximate surface area is 154 Å². The van der Waals surface area contributed by atoms with E-state index in [0.29, 0.717) is 6.54 Å². The van der Waals surface area contributed by atoms with E-state index in [4.69, 9.17) is 0 Å². The second kappa shape index (κ2) is 7.26. The zero-order valence-electron chi connectivity index (χ0n) is 14.6. The first-order valence-electron chi connectivity index (χ1n) is 8.60. The van der Waals surface area contributed by atoms with Crippen molar-refractivity contribution in [3.63, 3.8) is 0 Å². The zero-order valence-corrected chi connectivity index (χ0v) is 16.2. The molecule has 2 saturated heterocycles. The summed E-state index contributed by atoms with van der Waals surface area (Å²) in [5.74, 6) is -0.722. The number of likely N-dealkylation sites (tertiary alicyclic amines) is 1. The molecule has 1 amide bonds. The van der Waals surface area contributed by atoms with Gasteiger partial charge in [0.1, 0.15) is 0 Å². The molecule has 2 heterocycles. The molecule has 0 aliphatic carbocycles. The lowest BCUT2D eigenvalue weighted by Crippen LogP contribution is -2.40. The number of carbonyl (C=O) groups excluding carboxylic acids is 1. The average Bonchev–Trinajstić information content (AvgIpc) is 3.21. The fraction of sp³-hybridized carbons (Fsp3) is 0.562. The summed E-state index contributed by atoms with van der Waals surface area (Å²) < 4.78 is 52.1. The van der Waals surface area contributed by atoms with E-state index < -0.39 is 26.0 Å². The third-order valence-corrected chi connectivity index (χ3v) is 7.92. The number of hydrogen-bond donors (Lipinski definition) is 1. The lowest BCUT2D eigenvalue weighted by Gasteiger charge is -2.23. The summed E-state index contributed by atoms with van der Waals surface area (Å²) in [6.07, 6.45) is 2.21. The minimum atomic E-state index is -3.70. The van der Waals surface area contributed by atoms with Crippen LogP contribution in [0.2, 0.25) is 0 Å². The maximum Gasteiger partial charge on any atom is 0.242 e. The van der Waals surface area contributed by atoms with Crippen LogP contribution in [0, 0.1) is 0 Å². The molecule has 1 aromatic carbocycles. The molecule has 1 aromatic rings. The molecule has 0 aromatic heterocycles. The molecule has 0 spiro atoms. The van der Waals surface area contributed by atoms with Gasteiger partial charge in [-0.3, -0.25) is 9.69 Å². The highest BCUT2D eigenvalue weighted by molar-refractivity contribution is 7.94. The maximum atomic E-state index is 12.4. The van der Waals surface area contributed by atoms with Crippen molar-refractivity contribution in [2.45, 2.75) is 37.1 Å². The molecule has 0 saturated carbocycles. The second-order valence-corrected chi connectivity index (χ2v) is 10.4. The van der Waals surface area contributed by atoms with Crippen LogP contribution >= 0.6 is 0 Å². The van der Waals surface area contributed by atoms with E-state index in [2.05, 4.69) is 9.62 Å². The summed E-state index contributed by atoms with van der Waals surface area (Å²) in [7, 11) is -7.35. The number of nitrogens with one attached hydrogen (secondary N) is 1. The Balaban J connectivity index is 1.70. The second-order valence-electron chi connectivity index (χ2n) is 6.66. The first-order valence-corrected chi connectivity index (χ1v) is 11.7. The van der Waals surface area contributed by atoms with E-state index in [1.165, 1.54) is 24.3 Å². The fourth-order valence-electron chi connectivity index (χ4n) is 3.25. The predicted molar refractivity (Wildman–Crippen MR) is 97.8 cm³/mol. The molecule has 10 heteroatoms. The van der Waals surface area contributed by atoms with Gasteiger partial charge in [-0.05, 0) is 57.1 Å². The van der Waals surface area contributed by atoms with Crippen LogP contribution in [0.1, 0.15) is 26.2 Å². The molecule has 144 valence electrons. The van der Waals surface area contributed by atoms with Crippen molar-refractivity contribution in [1.29, 1.82) is 0 Å². The summed E-state index contributed by atoms with van der Waals surface area (Å²) >= 11 is 0. The molecule has 2 fully saturated rings. The van der Waals surface area contributed by atoms with Crippen LogP contribution in [-0.4, -0.2) is 59.1 Å². The van der Waals surface area contributed by atoms with Gasteiger partial charge in [-0.15, -0.1) is 0 Å². The van der Waals surface area contributed by atoms with Gasteiger partial charge in [-0.1, -0.05) is 0 Å². The smallest absolute Gasteiger partial charge is 0.242 e. The largest absolute Gasteiger partial charge is 0.299 e. The van der Waals surface area contributed by atoms with Crippen LogP contribution in [0.4, 0.5) is 5.69 Å². The highest BCUT2D eigenvalue weighted by Crippen LogP contribution is 2.26. The summed E-state index contributed by atoms with van der Waals surface area (Å²) in [5, 5.41) is 0. The van der Waals surface area contributed by atoms with E-state index in [0.717, 1.165) is 30.2 Å². The molecule has 1 N–H and O–H groups in total. The lowest BCUT2D eigenvalue weighted by molar-refractivity contribution is -0.116. The Kier molecular flexibility index (Phi) is 5.38. The van der Waals surface area contributed by atoms with Crippen molar-refractivity contribution in [2.75, 3.05) is 29.7 Å². The zero-order chi connectivity index (χ0) is 18.9. The van der Waals surface area contributed by atoms with Gasteiger partial charge >= 0.3 is 0 Å². The van der Waals surface area contributed by atoms with Crippen LogP contribution in [0.3, 0.4) is 0 Å². The molecule has 2 aliphatic heterocycles. The molecule has 0 radical (unpaired) electrons. The minimum Gasteiger partial charge on any atom is -0.299 e. The molecular formula is C16H23N3O5S2. The number of amides is 1. The Bertz CT molecular complexity index is 875. The number of nitrogens with zero attached hydrogens (tertiary/aromatic N) is 2. The van der Waals surface area contributed by atoms with Crippen molar-refractivity contribution < 1.29 is 21.6 Å². The minimum absolute atomic E-state index is 0.0407. The van der Waals surface area contributed by atoms with Gasteiger partial charge in [-0.25, -0.2) is 25.9 Å². The van der Waals surface area contributed by atoms with E-state index in [-0.39, 0.29) is 28.8 Å². The number of anilines is 1. The summed E-state index contributed by atoms with van der Waals surface area (Å²) in [5.41, 5.74) is 0.164. The van der Waals surface area contributed by atoms with Gasteiger partial charge in [0, 0.05) is 19.0 Å². The molecule has 0 bridgehead atoms. The Morgan fingerprint density at radius 3 is 2.31 bits per heavy atom. The van der Waals surface area contributed by atoms with Crippen LogP contribution in [0.25, 0.3) is 0 Å². The van der Waals surface area contributed by atoms with Crippen molar-refractivity contribution in [3.05, 3.63) is 24.3 Å². The van der Waals surface area contributed by atoms with E-state index in [1.54, 1.807) is 0 Å². The monoisotopic (exact) mass is 401 g/mol. The Hall–Kier alpha value is -1.49. The highest BCUT2D eigenvalue weighted by Gasteiger charge is 2.36. The van der Waals surface area contributed by atoms with Crippen LogP contribution in [-0.2, 0) is 24.8 Å². The predicted octanol–water partition coefficient (Wildman–Crippen LogP) is 0.516. The van der Waals surface area contributed by atoms with Gasteiger partial charge in [0.05, 0.1) is 16.3 Å². The van der Waals surface area contributed by atoms with Gasteiger partial charge in [0.15, 0.2) is 0 Å². The number of carbonyl (C=O) groups is 1. The van der Waals surface area contributed by atoms with Crippen molar-refractivity contribution in [1.82, 2.24) is 9.62 Å². The first-order chi connectivity index (χ1) is 12.2. The standard InChI is InChI=1S/C16H23N3O5S2/c1-13(18-9-2-3-10-18)12-17-26(23,24)15-6-4-14(5-7-15)19-16(20)8-11-25(19,21)22/h4-7,13,17H,2-3,8-12H2,1H3/t13-/m1/s1.